The maximum atomic E-state index is 10.7. The molecule has 2 nitrogen and oxygen atoms in total. The number of carbonyl (C=O) groups is 1. The molecule has 1 aromatic carbocycles. The van der Waals surface area contributed by atoms with Gasteiger partial charge in [-0.25, -0.2) is 0 Å². The number of hydrogen-bond donors (Lipinski definition) is 1. The topological polar surface area (TPSA) is 29.1 Å². The molecule has 1 atom stereocenters. The van der Waals surface area contributed by atoms with E-state index in [9.17, 15) is 4.79 Å². The van der Waals surface area contributed by atoms with Gasteiger partial charge in [-0.1, -0.05) is 37.3 Å². The van der Waals surface area contributed by atoms with Gasteiger partial charge >= 0.3 is 0 Å². The second-order valence-corrected chi connectivity index (χ2v) is 3.25. The predicted molar refractivity (Wildman–Crippen MR) is 53.5 cm³/mol. The van der Waals surface area contributed by atoms with Crippen LogP contribution in [-0.2, 0) is 4.79 Å². The summed E-state index contributed by atoms with van der Waals surface area (Å²) in [5.74, 6) is 0.410. The molecule has 1 amide bonds. The molecule has 70 valence electrons. The van der Waals surface area contributed by atoms with E-state index in [1.807, 2.05) is 18.2 Å². The molecule has 0 saturated carbocycles. The first-order valence-corrected chi connectivity index (χ1v) is 4.49. The highest BCUT2D eigenvalue weighted by Gasteiger charge is 2.04. The highest BCUT2D eigenvalue weighted by atomic mass is 16.1. The zero-order chi connectivity index (χ0) is 9.68. The summed E-state index contributed by atoms with van der Waals surface area (Å²) in [5, 5.41) is 2.80. The Morgan fingerprint density at radius 3 is 2.54 bits per heavy atom. The van der Waals surface area contributed by atoms with Crippen molar-refractivity contribution in [3.05, 3.63) is 35.9 Å². The highest BCUT2D eigenvalue weighted by molar-refractivity contribution is 5.72. The lowest BCUT2D eigenvalue weighted by atomic mass is 10.0. The Hall–Kier alpha value is -1.31. The fraction of sp³-hybridized carbons (Fsp3) is 0.364. The van der Waals surface area contributed by atoms with Crippen molar-refractivity contribution in [3.63, 3.8) is 0 Å². The molecule has 13 heavy (non-hydrogen) atoms. The molecule has 1 rings (SSSR count). The average Bonchev–Trinajstić information content (AvgIpc) is 2.15. The van der Waals surface area contributed by atoms with Crippen LogP contribution in [0.25, 0.3) is 0 Å². The Bertz CT molecular complexity index is 269. The zero-order valence-corrected chi connectivity index (χ0v) is 8.08. The van der Waals surface area contributed by atoms with Gasteiger partial charge < -0.3 is 5.32 Å². The summed E-state index contributed by atoms with van der Waals surface area (Å²) in [7, 11) is 0. The van der Waals surface area contributed by atoms with Crippen LogP contribution < -0.4 is 5.32 Å². The lowest BCUT2D eigenvalue weighted by Gasteiger charge is -2.11. The molecule has 0 aliphatic carbocycles. The van der Waals surface area contributed by atoms with E-state index in [1.165, 1.54) is 12.5 Å². The van der Waals surface area contributed by atoms with Crippen molar-refractivity contribution < 1.29 is 4.79 Å². The number of carbonyl (C=O) groups excluding carboxylic acids is 1. The molecule has 0 radical (unpaired) electrons. The summed E-state index contributed by atoms with van der Waals surface area (Å²) in [5.41, 5.74) is 1.26. The molecule has 0 spiro atoms. The van der Waals surface area contributed by atoms with Gasteiger partial charge in [-0.3, -0.25) is 4.79 Å². The second-order valence-electron chi connectivity index (χ2n) is 3.25. The van der Waals surface area contributed by atoms with Gasteiger partial charge in [-0.2, -0.15) is 0 Å². The Labute approximate surface area is 79.0 Å². The normalized spacial score (nSPS) is 12.2. The Morgan fingerprint density at radius 2 is 2.00 bits per heavy atom. The van der Waals surface area contributed by atoms with Crippen molar-refractivity contribution >= 4 is 5.91 Å². The van der Waals surface area contributed by atoms with Gasteiger partial charge in [0, 0.05) is 13.5 Å². The van der Waals surface area contributed by atoms with Crippen LogP contribution in [0.2, 0.25) is 0 Å². The second kappa shape index (κ2) is 4.65. The number of amides is 1. The minimum atomic E-state index is 0.0304. The third-order valence-corrected chi connectivity index (χ3v) is 2.03. The molecule has 2 heteroatoms. The van der Waals surface area contributed by atoms with Crippen molar-refractivity contribution in [1.82, 2.24) is 5.32 Å². The van der Waals surface area contributed by atoms with E-state index in [0.29, 0.717) is 12.5 Å². The molecular formula is C11H15NO. The van der Waals surface area contributed by atoms with Crippen molar-refractivity contribution in [2.75, 3.05) is 6.54 Å². The van der Waals surface area contributed by atoms with Crippen molar-refractivity contribution in [3.8, 4) is 0 Å². The van der Waals surface area contributed by atoms with Crippen molar-refractivity contribution in [2.45, 2.75) is 19.8 Å². The standard InChI is InChI=1S/C11H15NO/c1-9(8-12-10(2)13)11-6-4-3-5-7-11/h3-7,9H,8H2,1-2H3,(H,12,13). The Morgan fingerprint density at radius 1 is 1.38 bits per heavy atom. The van der Waals surface area contributed by atoms with E-state index in [4.69, 9.17) is 0 Å². The first-order chi connectivity index (χ1) is 6.20. The minimum absolute atomic E-state index is 0.0304. The monoisotopic (exact) mass is 177 g/mol. The smallest absolute Gasteiger partial charge is 0.216 e. The third kappa shape index (κ3) is 3.28. The molecule has 0 aliphatic rings. The first-order valence-electron chi connectivity index (χ1n) is 4.49. The summed E-state index contributed by atoms with van der Waals surface area (Å²) in [6.07, 6.45) is 0. The molecule has 0 bridgehead atoms. The van der Waals surface area contributed by atoms with Gasteiger partial charge in [0.15, 0.2) is 0 Å². The van der Waals surface area contributed by atoms with Crippen LogP contribution in [0, 0.1) is 0 Å². The maximum absolute atomic E-state index is 10.7. The summed E-state index contributed by atoms with van der Waals surface area (Å²) in [6, 6.07) is 10.2. The van der Waals surface area contributed by atoms with Gasteiger partial charge in [0.1, 0.15) is 0 Å². The number of benzene rings is 1. The van der Waals surface area contributed by atoms with Crippen LogP contribution >= 0.6 is 0 Å². The van der Waals surface area contributed by atoms with E-state index in [-0.39, 0.29) is 5.91 Å². The lowest BCUT2D eigenvalue weighted by molar-refractivity contribution is -0.119. The van der Waals surface area contributed by atoms with E-state index in [0.717, 1.165) is 0 Å². The van der Waals surface area contributed by atoms with Gasteiger partial charge in [0.05, 0.1) is 0 Å². The van der Waals surface area contributed by atoms with E-state index >= 15 is 0 Å². The van der Waals surface area contributed by atoms with E-state index in [2.05, 4.69) is 24.4 Å². The number of rotatable bonds is 3. The molecule has 0 aromatic heterocycles. The van der Waals surface area contributed by atoms with Gasteiger partial charge in [-0.05, 0) is 11.5 Å². The molecule has 0 saturated heterocycles. The summed E-state index contributed by atoms with van der Waals surface area (Å²) in [4.78, 5) is 10.7. The molecule has 0 aliphatic heterocycles. The predicted octanol–water partition coefficient (Wildman–Crippen LogP) is 1.93. The molecule has 1 aromatic rings. The maximum Gasteiger partial charge on any atom is 0.216 e. The Kier molecular flexibility index (Phi) is 3.50. The van der Waals surface area contributed by atoms with Crippen LogP contribution in [0.5, 0.6) is 0 Å². The van der Waals surface area contributed by atoms with Gasteiger partial charge in [0.2, 0.25) is 5.91 Å². The van der Waals surface area contributed by atoms with Crippen LogP contribution in [-0.4, -0.2) is 12.5 Å². The largest absolute Gasteiger partial charge is 0.356 e. The average molecular weight is 177 g/mol. The minimum Gasteiger partial charge on any atom is -0.356 e. The summed E-state index contributed by atoms with van der Waals surface area (Å²) >= 11 is 0. The number of hydrogen-bond acceptors (Lipinski definition) is 1. The number of nitrogens with one attached hydrogen (secondary N) is 1. The molecule has 0 fully saturated rings. The molecule has 1 unspecified atom stereocenters. The van der Waals surface area contributed by atoms with Crippen molar-refractivity contribution in [1.29, 1.82) is 0 Å². The lowest BCUT2D eigenvalue weighted by Crippen LogP contribution is -2.24. The quantitative estimate of drug-likeness (QED) is 0.751. The summed E-state index contributed by atoms with van der Waals surface area (Å²) in [6.45, 7) is 4.35. The van der Waals surface area contributed by atoms with E-state index in [1.54, 1.807) is 0 Å². The van der Waals surface area contributed by atoms with Crippen molar-refractivity contribution in [2.24, 2.45) is 0 Å². The summed E-state index contributed by atoms with van der Waals surface area (Å²) < 4.78 is 0. The van der Waals surface area contributed by atoms with Crippen LogP contribution in [0.15, 0.2) is 30.3 Å². The fourth-order valence-corrected chi connectivity index (χ4v) is 1.20. The van der Waals surface area contributed by atoms with Gasteiger partial charge in [-0.15, -0.1) is 0 Å². The fourth-order valence-electron chi connectivity index (χ4n) is 1.20. The first kappa shape index (κ1) is 9.78. The Balaban J connectivity index is 2.49. The molecule has 1 N–H and O–H groups in total. The van der Waals surface area contributed by atoms with Crippen LogP contribution in [0.4, 0.5) is 0 Å². The molecule has 0 heterocycles. The highest BCUT2D eigenvalue weighted by Crippen LogP contribution is 2.12. The SMILES string of the molecule is CC(=O)NCC(C)c1ccccc1. The van der Waals surface area contributed by atoms with E-state index < -0.39 is 0 Å². The van der Waals surface area contributed by atoms with Crippen LogP contribution in [0.3, 0.4) is 0 Å². The van der Waals surface area contributed by atoms with Crippen LogP contribution in [0.1, 0.15) is 25.3 Å². The third-order valence-electron chi connectivity index (χ3n) is 2.03. The zero-order valence-electron chi connectivity index (χ0n) is 8.08. The van der Waals surface area contributed by atoms with Gasteiger partial charge in [0.25, 0.3) is 0 Å². The molecular weight excluding hydrogens is 162 g/mol.